The molecular formula is C20H16FeN4. The molecule has 0 aliphatic carbocycles. The van der Waals surface area contributed by atoms with Crippen molar-refractivity contribution in [3.63, 3.8) is 0 Å². The van der Waals surface area contributed by atoms with Gasteiger partial charge >= 0.3 is 149 Å². The average Bonchev–Trinajstić information content (AvgIpc) is 2.72. The van der Waals surface area contributed by atoms with E-state index in [0.29, 0.717) is 0 Å². The molecule has 124 valence electrons. The molecule has 0 unspecified atom stereocenters. The van der Waals surface area contributed by atoms with Crippen molar-refractivity contribution in [3.8, 4) is 0 Å². The molecule has 4 nitrogen and oxygen atoms in total. The van der Waals surface area contributed by atoms with Crippen molar-refractivity contribution in [2.24, 2.45) is 0 Å². The van der Waals surface area contributed by atoms with Gasteiger partial charge in [-0.05, 0) is 0 Å². The standard InChI is InChI=1S/4C5H4N.Fe/c4*1-2-4-6-5-3-1;/h4*1-4H;. The second kappa shape index (κ2) is 6.93. The van der Waals surface area contributed by atoms with Crippen molar-refractivity contribution in [1.29, 1.82) is 0 Å². The molecule has 0 fully saturated rings. The first-order valence-electron chi connectivity index (χ1n) is 7.79. The predicted octanol–water partition coefficient (Wildman–Crippen LogP) is 1.02. The van der Waals surface area contributed by atoms with E-state index >= 15 is 0 Å². The zero-order valence-corrected chi connectivity index (χ0v) is 14.5. The summed E-state index contributed by atoms with van der Waals surface area (Å²) in [6, 6.07) is 24.0. The van der Waals surface area contributed by atoms with Crippen molar-refractivity contribution in [1.82, 2.24) is 19.9 Å². The van der Waals surface area contributed by atoms with Crippen LogP contribution in [0.5, 0.6) is 0 Å². The van der Waals surface area contributed by atoms with Gasteiger partial charge in [-0.25, -0.2) is 0 Å². The Morgan fingerprint density at radius 2 is 0.680 bits per heavy atom. The van der Waals surface area contributed by atoms with Crippen LogP contribution in [0, 0.1) is 0 Å². The van der Waals surface area contributed by atoms with E-state index < -0.39 is 12.8 Å². The van der Waals surface area contributed by atoms with E-state index in [1.165, 1.54) is 0 Å². The summed E-state index contributed by atoms with van der Waals surface area (Å²) < 4.78 is 3.86. The number of rotatable bonds is 4. The molecule has 0 saturated carbocycles. The van der Waals surface area contributed by atoms with Crippen LogP contribution in [0.25, 0.3) is 0 Å². The molecule has 0 aliphatic rings. The summed E-state index contributed by atoms with van der Waals surface area (Å²) in [6.45, 7) is 0. The fourth-order valence-electron chi connectivity index (χ4n) is 2.54. The summed E-state index contributed by atoms with van der Waals surface area (Å²) in [7, 11) is 0. The van der Waals surface area contributed by atoms with Crippen LogP contribution in [0.1, 0.15) is 0 Å². The van der Waals surface area contributed by atoms with E-state index in [-0.39, 0.29) is 0 Å². The number of pyridine rings is 4. The molecular weight excluding hydrogens is 352 g/mol. The first-order chi connectivity index (χ1) is 12.4. The molecule has 0 amide bonds. The maximum atomic E-state index is 4.72. The normalized spacial score (nSPS) is 11.8. The van der Waals surface area contributed by atoms with Crippen LogP contribution in [0.3, 0.4) is 0 Å². The molecule has 4 heterocycles. The van der Waals surface area contributed by atoms with Gasteiger partial charge in [-0.2, -0.15) is 0 Å². The van der Waals surface area contributed by atoms with Crippen LogP contribution in [-0.2, 0) is 12.8 Å². The molecule has 0 aromatic carbocycles. The van der Waals surface area contributed by atoms with Gasteiger partial charge in [-0.1, -0.05) is 0 Å². The van der Waals surface area contributed by atoms with Crippen molar-refractivity contribution in [2.45, 2.75) is 0 Å². The van der Waals surface area contributed by atoms with Crippen LogP contribution in [0.15, 0.2) is 97.6 Å². The van der Waals surface area contributed by atoms with E-state index in [9.17, 15) is 0 Å². The quantitative estimate of drug-likeness (QED) is 0.505. The predicted molar refractivity (Wildman–Crippen MR) is 95.5 cm³/mol. The minimum absolute atomic E-state index is 0.964. The Balaban J connectivity index is 2.13. The third-order valence-electron chi connectivity index (χ3n) is 3.57. The molecule has 0 spiro atoms. The number of aromatic nitrogens is 4. The fraction of sp³-hybridized carbons (Fsp3) is 0. The van der Waals surface area contributed by atoms with E-state index in [0.717, 1.165) is 18.4 Å². The van der Waals surface area contributed by atoms with Gasteiger partial charge in [0.25, 0.3) is 0 Å². The summed E-state index contributed by atoms with van der Waals surface area (Å²) in [4.78, 5) is 18.9. The number of hydrogen-bond acceptors (Lipinski definition) is 4. The van der Waals surface area contributed by atoms with Gasteiger partial charge in [0, 0.05) is 0 Å². The summed E-state index contributed by atoms with van der Waals surface area (Å²) in [5.74, 6) is 0. The Morgan fingerprint density at radius 3 is 0.880 bits per heavy atom. The fourth-order valence-corrected chi connectivity index (χ4v) is 6.99. The molecule has 4 rings (SSSR count). The van der Waals surface area contributed by atoms with E-state index in [2.05, 4.69) is 24.3 Å². The summed E-state index contributed by atoms with van der Waals surface area (Å²) in [5, 5.41) is 0. The second-order valence-electron chi connectivity index (χ2n) is 5.09. The Morgan fingerprint density at radius 1 is 0.400 bits per heavy atom. The maximum absolute atomic E-state index is 4.72. The minimum atomic E-state index is -2.55. The first kappa shape index (κ1) is 15.6. The van der Waals surface area contributed by atoms with E-state index in [4.69, 9.17) is 19.9 Å². The topological polar surface area (TPSA) is 51.6 Å². The molecule has 25 heavy (non-hydrogen) atoms. The van der Waals surface area contributed by atoms with Crippen LogP contribution >= 0.6 is 0 Å². The van der Waals surface area contributed by atoms with Crippen LogP contribution in [0.4, 0.5) is 0 Å². The monoisotopic (exact) mass is 368 g/mol. The van der Waals surface area contributed by atoms with Crippen molar-refractivity contribution >= 4 is 18.4 Å². The summed E-state index contributed by atoms with van der Waals surface area (Å²) >= 11 is -2.55. The number of nitrogens with zero attached hydrogens (tertiary/aromatic N) is 4. The van der Waals surface area contributed by atoms with Gasteiger partial charge in [-0.15, -0.1) is 0 Å². The van der Waals surface area contributed by atoms with Crippen LogP contribution in [-0.4, -0.2) is 19.9 Å². The first-order valence-corrected chi connectivity index (χ1v) is 10.00. The van der Waals surface area contributed by atoms with Crippen molar-refractivity contribution in [2.75, 3.05) is 0 Å². The Bertz CT molecular complexity index is 769. The van der Waals surface area contributed by atoms with E-state index in [1.54, 1.807) is 0 Å². The molecule has 0 N–H and O–H groups in total. The Hall–Kier alpha value is -2.88. The van der Waals surface area contributed by atoms with Gasteiger partial charge in [-0.3, -0.25) is 0 Å². The van der Waals surface area contributed by atoms with Crippen LogP contribution in [0.2, 0.25) is 0 Å². The molecule has 0 aliphatic heterocycles. The summed E-state index contributed by atoms with van der Waals surface area (Å²) in [6.07, 6.45) is 7.29. The zero-order chi connectivity index (χ0) is 17.0. The molecule has 4 aromatic heterocycles. The Labute approximate surface area is 148 Å². The van der Waals surface area contributed by atoms with Gasteiger partial charge in [0.15, 0.2) is 0 Å². The van der Waals surface area contributed by atoms with E-state index in [1.807, 2.05) is 73.3 Å². The zero-order valence-electron chi connectivity index (χ0n) is 13.4. The third kappa shape index (κ3) is 2.74. The number of hydrogen-bond donors (Lipinski definition) is 0. The third-order valence-corrected chi connectivity index (χ3v) is 8.27. The molecule has 0 radical (unpaired) electrons. The molecule has 0 bridgehead atoms. The van der Waals surface area contributed by atoms with Crippen molar-refractivity contribution in [3.05, 3.63) is 97.6 Å². The molecule has 4 aromatic rings. The molecule has 0 atom stereocenters. The van der Waals surface area contributed by atoms with Crippen molar-refractivity contribution < 1.29 is 12.8 Å². The second-order valence-corrected chi connectivity index (χ2v) is 9.01. The van der Waals surface area contributed by atoms with Gasteiger partial charge in [0.2, 0.25) is 0 Å². The average molecular weight is 368 g/mol. The molecule has 5 heteroatoms. The SMILES string of the molecule is c1cc[c]([Fe]([c]2ccccn2)([c]2ccccn2)[c]2ccccn2)nc1. The molecule has 0 saturated heterocycles. The van der Waals surface area contributed by atoms with Gasteiger partial charge in [0.1, 0.15) is 0 Å². The Kier molecular flexibility index (Phi) is 4.34. The van der Waals surface area contributed by atoms with Gasteiger partial charge in [0.05, 0.1) is 0 Å². The van der Waals surface area contributed by atoms with Crippen LogP contribution < -0.4 is 18.4 Å². The summed E-state index contributed by atoms with van der Waals surface area (Å²) in [5.41, 5.74) is 0. The van der Waals surface area contributed by atoms with Gasteiger partial charge < -0.3 is 0 Å².